The molecule has 1 saturated carbocycles. The van der Waals surface area contributed by atoms with Crippen LogP contribution in [0.4, 0.5) is 15.0 Å². The second-order valence-corrected chi connectivity index (χ2v) is 5.77. The highest BCUT2D eigenvalue weighted by atomic mass is 19.1. The molecule has 3 rings (SSSR count). The summed E-state index contributed by atoms with van der Waals surface area (Å²) in [6, 6.07) is 5.63. The highest BCUT2D eigenvalue weighted by molar-refractivity contribution is 5.85. The lowest BCUT2D eigenvalue weighted by atomic mass is 9.66. The molecule has 0 aliphatic heterocycles. The van der Waals surface area contributed by atoms with Crippen molar-refractivity contribution in [2.45, 2.75) is 24.7 Å². The number of pyridine rings is 1. The standard InChI is InChI=1S/C16H15FN4O3/c17-12-3-1-8-18-14(12)16(6-2-7-16)10-21(15(23)24)13-5-4-11(9-22)19-20-13/h1,3-5,8-9H,2,6-7,10H2,(H,23,24). The van der Waals surface area contributed by atoms with Gasteiger partial charge in [-0.05, 0) is 37.1 Å². The molecule has 124 valence electrons. The van der Waals surface area contributed by atoms with Gasteiger partial charge in [0.15, 0.2) is 12.1 Å². The summed E-state index contributed by atoms with van der Waals surface area (Å²) >= 11 is 0. The van der Waals surface area contributed by atoms with Crippen molar-refractivity contribution in [3.05, 3.63) is 47.7 Å². The van der Waals surface area contributed by atoms with Crippen LogP contribution < -0.4 is 4.90 Å². The molecular weight excluding hydrogens is 315 g/mol. The van der Waals surface area contributed by atoms with Crippen molar-refractivity contribution in [2.24, 2.45) is 0 Å². The van der Waals surface area contributed by atoms with Gasteiger partial charge in [0.25, 0.3) is 0 Å². The number of rotatable bonds is 5. The minimum atomic E-state index is -1.22. The molecule has 0 spiro atoms. The molecule has 24 heavy (non-hydrogen) atoms. The zero-order valence-electron chi connectivity index (χ0n) is 12.7. The number of carbonyl (C=O) groups excluding carboxylic acids is 1. The number of aromatic nitrogens is 3. The second kappa shape index (κ2) is 6.31. The van der Waals surface area contributed by atoms with Gasteiger partial charge >= 0.3 is 6.09 Å². The van der Waals surface area contributed by atoms with Crippen LogP contribution in [-0.2, 0) is 5.41 Å². The molecule has 1 aliphatic rings. The van der Waals surface area contributed by atoms with E-state index in [1.807, 2.05) is 0 Å². The fourth-order valence-corrected chi connectivity index (χ4v) is 2.94. The number of aldehydes is 1. The minimum Gasteiger partial charge on any atom is -0.465 e. The maximum absolute atomic E-state index is 14.2. The summed E-state index contributed by atoms with van der Waals surface area (Å²) in [6.45, 7) is 0.0331. The molecule has 0 bridgehead atoms. The summed E-state index contributed by atoms with van der Waals surface area (Å²) in [5, 5.41) is 17.0. The van der Waals surface area contributed by atoms with Crippen molar-refractivity contribution >= 4 is 18.2 Å². The number of hydrogen-bond donors (Lipinski definition) is 1. The summed E-state index contributed by atoms with van der Waals surface area (Å²) in [4.78, 5) is 27.5. The van der Waals surface area contributed by atoms with Gasteiger partial charge in [0.2, 0.25) is 0 Å². The van der Waals surface area contributed by atoms with Crippen molar-refractivity contribution in [1.29, 1.82) is 0 Å². The average molecular weight is 330 g/mol. The Bertz CT molecular complexity index is 762. The third kappa shape index (κ3) is 2.82. The van der Waals surface area contributed by atoms with E-state index in [9.17, 15) is 19.1 Å². The van der Waals surface area contributed by atoms with Crippen molar-refractivity contribution in [1.82, 2.24) is 15.2 Å². The van der Waals surface area contributed by atoms with Crippen LogP contribution in [0.1, 0.15) is 35.4 Å². The fourth-order valence-electron chi connectivity index (χ4n) is 2.94. The Hall–Kier alpha value is -2.90. The van der Waals surface area contributed by atoms with Gasteiger partial charge in [-0.3, -0.25) is 14.7 Å². The lowest BCUT2D eigenvalue weighted by molar-refractivity contribution is 0.111. The molecule has 0 atom stereocenters. The molecule has 1 fully saturated rings. The van der Waals surface area contributed by atoms with Crippen LogP contribution in [0.5, 0.6) is 0 Å². The van der Waals surface area contributed by atoms with Gasteiger partial charge in [0.05, 0.1) is 5.69 Å². The maximum Gasteiger partial charge on any atom is 0.413 e. The molecule has 1 amide bonds. The first-order valence-electron chi connectivity index (χ1n) is 7.46. The van der Waals surface area contributed by atoms with E-state index in [1.54, 1.807) is 0 Å². The topological polar surface area (TPSA) is 96.3 Å². The van der Waals surface area contributed by atoms with Crippen LogP contribution in [0.15, 0.2) is 30.5 Å². The monoisotopic (exact) mass is 330 g/mol. The van der Waals surface area contributed by atoms with E-state index in [0.29, 0.717) is 19.1 Å². The molecule has 0 unspecified atom stereocenters. The van der Waals surface area contributed by atoms with Crippen molar-refractivity contribution in [2.75, 3.05) is 11.4 Å². The predicted molar refractivity (Wildman–Crippen MR) is 82.5 cm³/mol. The lowest BCUT2D eigenvalue weighted by Gasteiger charge is -2.43. The normalized spacial score (nSPS) is 15.4. The molecule has 8 heteroatoms. The van der Waals surface area contributed by atoms with Gasteiger partial charge in [-0.15, -0.1) is 10.2 Å². The van der Waals surface area contributed by atoms with E-state index in [-0.39, 0.29) is 23.8 Å². The maximum atomic E-state index is 14.2. The Kier molecular flexibility index (Phi) is 4.20. The van der Waals surface area contributed by atoms with Crippen LogP contribution in [0.3, 0.4) is 0 Å². The van der Waals surface area contributed by atoms with Crippen molar-refractivity contribution in [3.63, 3.8) is 0 Å². The Morgan fingerprint density at radius 2 is 2.12 bits per heavy atom. The average Bonchev–Trinajstić information content (AvgIpc) is 2.55. The van der Waals surface area contributed by atoms with Crippen LogP contribution in [0.25, 0.3) is 0 Å². The van der Waals surface area contributed by atoms with Gasteiger partial charge in [-0.1, -0.05) is 6.42 Å². The zero-order valence-corrected chi connectivity index (χ0v) is 12.7. The first-order chi connectivity index (χ1) is 11.6. The molecule has 0 saturated heterocycles. The molecule has 2 aromatic rings. The smallest absolute Gasteiger partial charge is 0.413 e. The molecular formula is C16H15FN4O3. The molecule has 1 aliphatic carbocycles. The highest BCUT2D eigenvalue weighted by Gasteiger charge is 2.44. The van der Waals surface area contributed by atoms with Crippen LogP contribution in [0.2, 0.25) is 0 Å². The van der Waals surface area contributed by atoms with Gasteiger partial charge in [-0.25, -0.2) is 9.18 Å². The number of anilines is 1. The highest BCUT2D eigenvalue weighted by Crippen LogP contribution is 2.44. The molecule has 0 aromatic carbocycles. The SMILES string of the molecule is O=Cc1ccc(N(CC2(c3ncccc3F)CCC2)C(=O)O)nn1. The molecule has 0 radical (unpaired) electrons. The molecule has 2 aromatic heterocycles. The number of carboxylic acid groups (broad SMARTS) is 1. The molecule has 1 N–H and O–H groups in total. The number of carbonyl (C=O) groups is 2. The first kappa shape index (κ1) is 16.0. The van der Waals surface area contributed by atoms with Crippen LogP contribution in [-0.4, -0.2) is 39.2 Å². The summed E-state index contributed by atoms with van der Waals surface area (Å²) in [5.74, 6) is -0.347. The largest absolute Gasteiger partial charge is 0.465 e. The summed E-state index contributed by atoms with van der Waals surface area (Å²) in [5.41, 5.74) is -0.285. The number of hydrogen-bond acceptors (Lipinski definition) is 5. The van der Waals surface area contributed by atoms with Gasteiger partial charge in [0.1, 0.15) is 11.5 Å². The van der Waals surface area contributed by atoms with Gasteiger partial charge in [-0.2, -0.15) is 0 Å². The first-order valence-corrected chi connectivity index (χ1v) is 7.46. The third-order valence-corrected chi connectivity index (χ3v) is 4.33. The van der Waals surface area contributed by atoms with Gasteiger partial charge < -0.3 is 5.11 Å². The van der Waals surface area contributed by atoms with Crippen LogP contribution in [0, 0.1) is 5.82 Å². The van der Waals surface area contributed by atoms with Crippen LogP contribution >= 0.6 is 0 Å². The summed E-state index contributed by atoms with van der Waals surface area (Å²) in [6.07, 6.45) is 2.97. The van der Waals surface area contributed by atoms with E-state index < -0.39 is 17.3 Å². The minimum absolute atomic E-state index is 0.0331. The Morgan fingerprint density at radius 3 is 2.62 bits per heavy atom. The number of nitrogens with zero attached hydrogens (tertiary/aromatic N) is 4. The van der Waals surface area contributed by atoms with E-state index in [0.717, 1.165) is 11.3 Å². The second-order valence-electron chi connectivity index (χ2n) is 5.77. The quantitative estimate of drug-likeness (QED) is 0.846. The fraction of sp³-hybridized carbons (Fsp3) is 0.312. The molecule has 2 heterocycles. The van der Waals surface area contributed by atoms with Crippen molar-refractivity contribution < 1.29 is 19.1 Å². The van der Waals surface area contributed by atoms with E-state index in [1.165, 1.54) is 30.5 Å². The molecule has 7 nitrogen and oxygen atoms in total. The lowest BCUT2D eigenvalue weighted by Crippen LogP contribution is -2.49. The Balaban J connectivity index is 1.93. The van der Waals surface area contributed by atoms with Gasteiger partial charge in [0, 0.05) is 18.2 Å². The zero-order chi connectivity index (χ0) is 17.2. The number of amides is 1. The van der Waals surface area contributed by atoms with E-state index in [4.69, 9.17) is 0 Å². The van der Waals surface area contributed by atoms with E-state index in [2.05, 4.69) is 15.2 Å². The Morgan fingerprint density at radius 1 is 1.33 bits per heavy atom. The Labute approximate surface area is 137 Å². The predicted octanol–water partition coefficient (Wildman–Crippen LogP) is 2.43. The summed E-state index contributed by atoms with van der Waals surface area (Å²) in [7, 11) is 0. The van der Waals surface area contributed by atoms with Crippen molar-refractivity contribution in [3.8, 4) is 0 Å². The summed E-state index contributed by atoms with van der Waals surface area (Å²) < 4.78 is 14.2. The third-order valence-electron chi connectivity index (χ3n) is 4.33. The number of halogens is 1. The van der Waals surface area contributed by atoms with E-state index >= 15 is 0 Å².